The molecule has 0 N–H and O–H groups in total. The molecule has 1 aromatic carbocycles. The fourth-order valence-electron chi connectivity index (χ4n) is 7.85. The molecule has 3 aliphatic rings. The van der Waals surface area contributed by atoms with E-state index in [1.54, 1.807) is 10.8 Å². The Balaban J connectivity index is 1.47. The number of hydrogen-bond acceptors (Lipinski definition) is 0. The molecule has 0 amide bonds. The number of hydrogen-bond donors (Lipinski definition) is 0. The highest BCUT2D eigenvalue weighted by Gasteiger charge is 2.47. The van der Waals surface area contributed by atoms with Crippen LogP contribution in [-0.4, -0.2) is 8.07 Å². The zero-order valence-corrected chi connectivity index (χ0v) is 21.2. The molecule has 0 radical (unpaired) electrons. The number of rotatable bonds is 4. The number of fused-ring (bicyclic) bond motifs is 1. The van der Waals surface area contributed by atoms with E-state index in [0.29, 0.717) is 0 Å². The van der Waals surface area contributed by atoms with Crippen LogP contribution in [0, 0.1) is 47.3 Å². The van der Waals surface area contributed by atoms with Gasteiger partial charge >= 0.3 is 0 Å². The van der Waals surface area contributed by atoms with E-state index in [2.05, 4.69) is 71.6 Å². The Morgan fingerprint density at radius 1 is 0.724 bits per heavy atom. The Labute approximate surface area is 182 Å². The van der Waals surface area contributed by atoms with E-state index in [4.69, 9.17) is 0 Å². The second-order valence-electron chi connectivity index (χ2n) is 12.4. The molecule has 29 heavy (non-hydrogen) atoms. The van der Waals surface area contributed by atoms with E-state index in [0.717, 1.165) is 53.3 Å². The van der Waals surface area contributed by atoms with Crippen LogP contribution in [0.5, 0.6) is 0 Å². The minimum atomic E-state index is -1.19. The summed E-state index contributed by atoms with van der Waals surface area (Å²) < 4.78 is 0. The predicted molar refractivity (Wildman–Crippen MR) is 130 cm³/mol. The van der Waals surface area contributed by atoms with Gasteiger partial charge in [0.05, 0.1) is 8.07 Å². The van der Waals surface area contributed by atoms with Crippen molar-refractivity contribution in [3.8, 4) is 0 Å². The molecule has 0 aromatic heterocycles. The summed E-state index contributed by atoms with van der Waals surface area (Å²) in [4.78, 5) is 0. The summed E-state index contributed by atoms with van der Waals surface area (Å²) in [7, 11) is -1.19. The van der Waals surface area contributed by atoms with Crippen LogP contribution < -0.4 is 5.19 Å². The summed E-state index contributed by atoms with van der Waals surface area (Å²) in [6, 6.07) is 9.97. The Hall–Kier alpha value is -0.563. The third kappa shape index (κ3) is 4.02. The Morgan fingerprint density at radius 2 is 1.34 bits per heavy atom. The molecule has 8 atom stereocenters. The molecule has 0 heterocycles. The van der Waals surface area contributed by atoms with E-state index in [1.165, 1.54) is 38.5 Å². The van der Waals surface area contributed by atoms with E-state index in [1.807, 2.05) is 0 Å². The van der Waals surface area contributed by atoms with Gasteiger partial charge in [0.15, 0.2) is 0 Å². The second kappa shape index (κ2) is 8.17. The maximum absolute atomic E-state index is 2.56. The molecule has 0 bridgehead atoms. The van der Waals surface area contributed by atoms with Crippen LogP contribution in [0.15, 0.2) is 24.3 Å². The fraction of sp³-hybridized carbons (Fsp3) is 0.786. The van der Waals surface area contributed by atoms with E-state index in [-0.39, 0.29) is 0 Å². The quantitative estimate of drug-likeness (QED) is 0.446. The van der Waals surface area contributed by atoms with Crippen molar-refractivity contribution in [1.82, 2.24) is 0 Å². The molecule has 162 valence electrons. The third-order valence-corrected chi connectivity index (χ3v) is 12.3. The van der Waals surface area contributed by atoms with Crippen molar-refractivity contribution >= 4 is 13.3 Å². The Bertz CT molecular complexity index is 669. The zero-order chi connectivity index (χ0) is 20.9. The lowest BCUT2D eigenvalue weighted by molar-refractivity contribution is 0.159. The van der Waals surface area contributed by atoms with Gasteiger partial charge in [0.25, 0.3) is 0 Å². The number of benzene rings is 1. The second-order valence-corrected chi connectivity index (χ2v) is 17.5. The van der Waals surface area contributed by atoms with Crippen LogP contribution in [0.1, 0.15) is 77.7 Å². The first-order chi connectivity index (χ1) is 13.7. The van der Waals surface area contributed by atoms with Crippen molar-refractivity contribution in [3.05, 3.63) is 29.8 Å². The molecule has 0 nitrogen and oxygen atoms in total. The maximum atomic E-state index is 2.56. The van der Waals surface area contributed by atoms with Gasteiger partial charge in [-0.05, 0) is 90.9 Å². The summed E-state index contributed by atoms with van der Waals surface area (Å²) >= 11 is 0. The van der Waals surface area contributed by atoms with Crippen molar-refractivity contribution in [3.63, 3.8) is 0 Å². The predicted octanol–water partition coefficient (Wildman–Crippen LogP) is 7.71. The summed E-state index contributed by atoms with van der Waals surface area (Å²) in [5.41, 5.74) is 1.66. The van der Waals surface area contributed by atoms with Crippen LogP contribution >= 0.6 is 0 Å². The molecule has 0 aliphatic heterocycles. The lowest BCUT2D eigenvalue weighted by Gasteiger charge is -2.38. The average Bonchev–Trinajstić information content (AvgIpc) is 3.19. The molecule has 0 spiro atoms. The van der Waals surface area contributed by atoms with Gasteiger partial charge in [0.2, 0.25) is 0 Å². The van der Waals surface area contributed by atoms with Crippen LogP contribution in [0.2, 0.25) is 19.6 Å². The SMILES string of the molecule is CC1C(C)C(C)C(CC2CCC3C(c4ccc([Si](C)(C)C)cc4)CCCC23)C1C. The summed E-state index contributed by atoms with van der Waals surface area (Å²) in [6.45, 7) is 17.6. The highest BCUT2D eigenvalue weighted by molar-refractivity contribution is 6.88. The van der Waals surface area contributed by atoms with Gasteiger partial charge in [-0.1, -0.05) is 83.2 Å². The molecule has 1 aromatic rings. The van der Waals surface area contributed by atoms with Gasteiger partial charge in [-0.25, -0.2) is 0 Å². The van der Waals surface area contributed by atoms with E-state index in [9.17, 15) is 0 Å². The third-order valence-electron chi connectivity index (χ3n) is 10.2. The van der Waals surface area contributed by atoms with E-state index < -0.39 is 8.07 Å². The standard InChI is InChI=1S/C28H46Si/c1-18-19(2)21(4)28(20(18)3)17-23-13-16-27-25(9-8-10-26(23)27)22-11-14-24(15-12-22)29(5,6)7/h11-12,14-15,18-21,23,25-28H,8-10,13,16-17H2,1-7H3. The molecule has 8 unspecified atom stereocenters. The maximum Gasteiger partial charge on any atom is 0.0775 e. The average molecular weight is 411 g/mol. The van der Waals surface area contributed by atoms with Crippen molar-refractivity contribution in [2.45, 2.75) is 91.8 Å². The first kappa shape index (κ1) is 21.7. The van der Waals surface area contributed by atoms with Crippen molar-refractivity contribution in [2.75, 3.05) is 0 Å². The van der Waals surface area contributed by atoms with Gasteiger partial charge in [0.1, 0.15) is 0 Å². The minimum absolute atomic E-state index is 0.839. The summed E-state index contributed by atoms with van der Waals surface area (Å²) in [5.74, 6) is 8.47. The molecule has 1 heteroatoms. The smallest absolute Gasteiger partial charge is 0.0656 e. The van der Waals surface area contributed by atoms with Crippen LogP contribution in [0.4, 0.5) is 0 Å². The minimum Gasteiger partial charge on any atom is -0.0656 e. The fourth-order valence-corrected chi connectivity index (χ4v) is 9.02. The van der Waals surface area contributed by atoms with Crippen molar-refractivity contribution < 1.29 is 0 Å². The van der Waals surface area contributed by atoms with Gasteiger partial charge < -0.3 is 0 Å². The highest BCUT2D eigenvalue weighted by atomic mass is 28.3. The van der Waals surface area contributed by atoms with Crippen LogP contribution in [-0.2, 0) is 0 Å². The normalized spacial score (nSPS) is 42.8. The van der Waals surface area contributed by atoms with Gasteiger partial charge in [-0.15, -0.1) is 0 Å². The summed E-state index contributed by atoms with van der Waals surface area (Å²) in [6.07, 6.45) is 8.94. The van der Waals surface area contributed by atoms with E-state index >= 15 is 0 Å². The topological polar surface area (TPSA) is 0 Å². The molecule has 0 saturated heterocycles. The van der Waals surface area contributed by atoms with Crippen LogP contribution in [0.25, 0.3) is 0 Å². The van der Waals surface area contributed by atoms with Gasteiger partial charge in [-0.2, -0.15) is 0 Å². The first-order valence-corrected chi connectivity index (χ1v) is 16.3. The van der Waals surface area contributed by atoms with Crippen LogP contribution in [0.3, 0.4) is 0 Å². The molecular formula is C28H46Si. The molecule has 3 saturated carbocycles. The molecule has 4 rings (SSSR count). The van der Waals surface area contributed by atoms with Gasteiger partial charge in [-0.3, -0.25) is 0 Å². The lowest BCUT2D eigenvalue weighted by atomic mass is 9.67. The van der Waals surface area contributed by atoms with Crippen molar-refractivity contribution in [1.29, 1.82) is 0 Å². The monoisotopic (exact) mass is 410 g/mol. The lowest BCUT2D eigenvalue weighted by Crippen LogP contribution is -2.37. The largest absolute Gasteiger partial charge is 0.0775 e. The molecule has 3 fully saturated rings. The Kier molecular flexibility index (Phi) is 6.10. The molecule has 3 aliphatic carbocycles. The highest BCUT2D eigenvalue weighted by Crippen LogP contribution is 2.56. The van der Waals surface area contributed by atoms with Crippen molar-refractivity contribution in [2.24, 2.45) is 47.3 Å². The van der Waals surface area contributed by atoms with Gasteiger partial charge in [0, 0.05) is 0 Å². The summed E-state index contributed by atoms with van der Waals surface area (Å²) in [5, 5.41) is 1.62. The molecular weight excluding hydrogens is 364 g/mol. The zero-order valence-electron chi connectivity index (χ0n) is 20.2. The first-order valence-electron chi connectivity index (χ1n) is 12.8. The Morgan fingerprint density at radius 3 is 1.93 bits per heavy atom.